The van der Waals surface area contributed by atoms with Crippen LogP contribution in [0.4, 0.5) is 9.59 Å². The van der Waals surface area contributed by atoms with Crippen LogP contribution >= 0.6 is 11.6 Å². The van der Waals surface area contributed by atoms with E-state index >= 15 is 0 Å². The summed E-state index contributed by atoms with van der Waals surface area (Å²) in [5.41, 5.74) is 1.16. The molecule has 1 aromatic rings. The lowest BCUT2D eigenvalue weighted by Gasteiger charge is -2.39. The van der Waals surface area contributed by atoms with Crippen molar-refractivity contribution < 1.29 is 28.6 Å². The summed E-state index contributed by atoms with van der Waals surface area (Å²) in [6.07, 6.45) is -1.51. The standard InChI is InChI=1S/C21H30ClN3O6/c1-20(2,3)30-18(27)23-24(7)17(26)16-14(22)9-8-10-15(16)29-13-11-25(12-13)19(28)31-21(4,5)6/h8-10,13H,11-12H2,1-7H3,(H,23,27). The zero-order valence-corrected chi connectivity index (χ0v) is 19.7. The minimum Gasteiger partial charge on any atom is -0.486 e. The second kappa shape index (κ2) is 9.21. The summed E-state index contributed by atoms with van der Waals surface area (Å²) in [7, 11) is 1.38. The van der Waals surface area contributed by atoms with Gasteiger partial charge in [-0.25, -0.2) is 15.0 Å². The molecule has 10 heteroatoms. The number of hydrogen-bond acceptors (Lipinski definition) is 6. The maximum Gasteiger partial charge on any atom is 0.426 e. The van der Waals surface area contributed by atoms with Gasteiger partial charge in [-0.15, -0.1) is 0 Å². The lowest BCUT2D eigenvalue weighted by molar-refractivity contribution is -0.0224. The first kappa shape index (κ1) is 24.6. The van der Waals surface area contributed by atoms with E-state index in [0.717, 1.165) is 5.01 Å². The number of halogens is 1. The Morgan fingerprint density at radius 1 is 1.06 bits per heavy atom. The summed E-state index contributed by atoms with van der Waals surface area (Å²) in [5.74, 6) is -0.320. The number of ether oxygens (including phenoxy) is 3. The van der Waals surface area contributed by atoms with Crippen LogP contribution < -0.4 is 10.2 Å². The van der Waals surface area contributed by atoms with Crippen LogP contribution in [-0.4, -0.2) is 65.4 Å². The lowest BCUT2D eigenvalue weighted by Crippen LogP contribution is -2.57. The summed E-state index contributed by atoms with van der Waals surface area (Å²) in [5, 5.41) is 1.15. The predicted molar refractivity (Wildman–Crippen MR) is 115 cm³/mol. The molecule has 0 aliphatic carbocycles. The van der Waals surface area contributed by atoms with Gasteiger partial charge in [0.25, 0.3) is 5.91 Å². The molecule has 31 heavy (non-hydrogen) atoms. The van der Waals surface area contributed by atoms with E-state index in [0.29, 0.717) is 13.1 Å². The summed E-state index contributed by atoms with van der Waals surface area (Å²) in [6, 6.07) is 4.81. The maximum atomic E-state index is 12.9. The van der Waals surface area contributed by atoms with Crippen LogP contribution in [0.5, 0.6) is 5.75 Å². The van der Waals surface area contributed by atoms with Crippen LogP contribution in [0.25, 0.3) is 0 Å². The Labute approximate surface area is 187 Å². The molecule has 0 radical (unpaired) electrons. The normalized spacial score (nSPS) is 14.4. The van der Waals surface area contributed by atoms with Crippen molar-refractivity contribution >= 4 is 29.7 Å². The first-order valence-corrected chi connectivity index (χ1v) is 10.2. The Bertz CT molecular complexity index is 840. The summed E-state index contributed by atoms with van der Waals surface area (Å²) >= 11 is 6.25. The van der Waals surface area contributed by atoms with Crippen LogP contribution in [0.2, 0.25) is 5.02 Å². The molecule has 1 fully saturated rings. The lowest BCUT2D eigenvalue weighted by atomic mass is 10.1. The van der Waals surface area contributed by atoms with Gasteiger partial charge in [-0.05, 0) is 53.7 Å². The second-order valence-electron chi connectivity index (χ2n) is 9.22. The number of carbonyl (C=O) groups excluding carboxylic acids is 3. The Kier molecular flexibility index (Phi) is 7.31. The molecular formula is C21H30ClN3O6. The van der Waals surface area contributed by atoms with E-state index in [4.69, 9.17) is 25.8 Å². The van der Waals surface area contributed by atoms with Gasteiger partial charge in [0.05, 0.1) is 18.1 Å². The fourth-order valence-electron chi connectivity index (χ4n) is 2.63. The minimum atomic E-state index is -0.773. The quantitative estimate of drug-likeness (QED) is 0.695. The monoisotopic (exact) mass is 455 g/mol. The molecule has 1 aliphatic heterocycles. The second-order valence-corrected chi connectivity index (χ2v) is 9.62. The molecular weight excluding hydrogens is 426 g/mol. The molecule has 3 amide bonds. The van der Waals surface area contributed by atoms with Gasteiger partial charge in [0.15, 0.2) is 0 Å². The average Bonchev–Trinajstić information content (AvgIpc) is 2.53. The van der Waals surface area contributed by atoms with E-state index in [1.54, 1.807) is 59.7 Å². The number of rotatable bonds is 3. The molecule has 0 aromatic heterocycles. The number of hydrazine groups is 1. The Morgan fingerprint density at radius 3 is 2.19 bits per heavy atom. The van der Waals surface area contributed by atoms with E-state index < -0.39 is 29.3 Å². The number of amides is 3. The summed E-state index contributed by atoms with van der Waals surface area (Å²) in [6.45, 7) is 11.2. The van der Waals surface area contributed by atoms with E-state index in [2.05, 4.69) is 5.43 Å². The van der Waals surface area contributed by atoms with Gasteiger partial charge in [0, 0.05) is 7.05 Å². The van der Waals surface area contributed by atoms with Gasteiger partial charge < -0.3 is 19.1 Å². The van der Waals surface area contributed by atoms with Gasteiger partial charge in [-0.3, -0.25) is 9.80 Å². The van der Waals surface area contributed by atoms with Crippen LogP contribution in [0.1, 0.15) is 51.9 Å². The highest BCUT2D eigenvalue weighted by Crippen LogP contribution is 2.30. The summed E-state index contributed by atoms with van der Waals surface area (Å²) in [4.78, 5) is 38.5. The van der Waals surface area contributed by atoms with Crippen molar-refractivity contribution in [3.05, 3.63) is 28.8 Å². The van der Waals surface area contributed by atoms with Crippen LogP contribution in [0, 0.1) is 0 Å². The number of nitrogens with zero attached hydrogens (tertiary/aromatic N) is 2. The first-order chi connectivity index (χ1) is 14.2. The van der Waals surface area contributed by atoms with Crippen LogP contribution in [0.15, 0.2) is 18.2 Å². The number of likely N-dealkylation sites (tertiary alicyclic amines) is 1. The van der Waals surface area contributed by atoms with Gasteiger partial charge >= 0.3 is 12.2 Å². The van der Waals surface area contributed by atoms with Crippen molar-refractivity contribution in [2.24, 2.45) is 0 Å². The van der Waals surface area contributed by atoms with Crippen molar-refractivity contribution in [1.29, 1.82) is 0 Å². The largest absolute Gasteiger partial charge is 0.486 e. The van der Waals surface area contributed by atoms with Crippen LogP contribution in [0.3, 0.4) is 0 Å². The molecule has 1 saturated heterocycles. The highest BCUT2D eigenvalue weighted by molar-refractivity contribution is 6.34. The maximum absolute atomic E-state index is 12.9. The smallest absolute Gasteiger partial charge is 0.426 e. The number of benzene rings is 1. The molecule has 0 bridgehead atoms. The van der Waals surface area contributed by atoms with Gasteiger partial charge in [-0.2, -0.15) is 0 Å². The van der Waals surface area contributed by atoms with Gasteiger partial charge in [0.2, 0.25) is 0 Å². The van der Waals surface area contributed by atoms with Crippen molar-refractivity contribution in [3.63, 3.8) is 0 Å². The molecule has 0 spiro atoms. The van der Waals surface area contributed by atoms with E-state index in [9.17, 15) is 14.4 Å². The van der Waals surface area contributed by atoms with Crippen molar-refractivity contribution in [1.82, 2.24) is 15.3 Å². The third-order valence-electron chi connectivity index (χ3n) is 3.95. The SMILES string of the molecule is CN(NC(=O)OC(C)(C)C)C(=O)c1c(Cl)cccc1OC1CN(C(=O)OC(C)(C)C)C1. The van der Waals surface area contributed by atoms with Crippen molar-refractivity contribution in [2.75, 3.05) is 20.1 Å². The topological polar surface area (TPSA) is 97.4 Å². The molecule has 1 aliphatic rings. The third kappa shape index (κ3) is 7.20. The zero-order valence-electron chi connectivity index (χ0n) is 18.9. The van der Waals surface area contributed by atoms with E-state index in [1.807, 2.05) is 0 Å². The molecule has 0 unspecified atom stereocenters. The summed E-state index contributed by atoms with van der Waals surface area (Å²) < 4.78 is 16.4. The highest BCUT2D eigenvalue weighted by Gasteiger charge is 2.36. The average molecular weight is 456 g/mol. The van der Waals surface area contributed by atoms with Gasteiger partial charge in [0.1, 0.15) is 28.6 Å². The fourth-order valence-corrected chi connectivity index (χ4v) is 2.88. The molecule has 1 N–H and O–H groups in total. The molecule has 9 nitrogen and oxygen atoms in total. The third-order valence-corrected chi connectivity index (χ3v) is 4.26. The van der Waals surface area contributed by atoms with Crippen molar-refractivity contribution in [2.45, 2.75) is 58.8 Å². The molecule has 0 atom stereocenters. The fraction of sp³-hybridized carbons (Fsp3) is 0.571. The molecule has 1 aromatic carbocycles. The highest BCUT2D eigenvalue weighted by atomic mass is 35.5. The van der Waals surface area contributed by atoms with Crippen molar-refractivity contribution in [3.8, 4) is 5.75 Å². The molecule has 0 saturated carbocycles. The van der Waals surface area contributed by atoms with E-state index in [-0.39, 0.29) is 22.4 Å². The van der Waals surface area contributed by atoms with Gasteiger partial charge in [-0.1, -0.05) is 17.7 Å². The molecule has 1 heterocycles. The number of hydrogen-bond donors (Lipinski definition) is 1. The number of nitrogens with one attached hydrogen (secondary N) is 1. The molecule has 172 valence electrons. The molecule has 2 rings (SSSR count). The van der Waals surface area contributed by atoms with E-state index in [1.165, 1.54) is 11.9 Å². The number of carbonyl (C=O) groups is 3. The first-order valence-electron chi connectivity index (χ1n) is 9.87. The van der Waals surface area contributed by atoms with Crippen LogP contribution in [-0.2, 0) is 9.47 Å². The Hall–Kier alpha value is -2.68. The predicted octanol–water partition coefficient (Wildman–Crippen LogP) is 3.85. The minimum absolute atomic E-state index is 0.0958. The Balaban J connectivity index is 2.03. The Morgan fingerprint density at radius 2 is 1.65 bits per heavy atom. The zero-order chi connectivity index (χ0) is 23.6.